The van der Waals surface area contributed by atoms with Gasteiger partial charge in [-0.3, -0.25) is 14.2 Å². The number of rotatable bonds is 6. The van der Waals surface area contributed by atoms with Gasteiger partial charge in [0.15, 0.2) is 0 Å². The first-order chi connectivity index (χ1) is 13.4. The number of methoxy groups -OCH3 is 1. The molecular weight excluding hydrogens is 354 g/mol. The fourth-order valence-electron chi connectivity index (χ4n) is 3.16. The summed E-state index contributed by atoms with van der Waals surface area (Å²) < 4.78 is 6.72. The Labute approximate surface area is 164 Å². The lowest BCUT2D eigenvalue weighted by Crippen LogP contribution is -2.34. The van der Waals surface area contributed by atoms with Crippen LogP contribution in [0.25, 0.3) is 11.0 Å². The van der Waals surface area contributed by atoms with E-state index in [1.54, 1.807) is 14.0 Å². The zero-order chi connectivity index (χ0) is 20.3. The maximum Gasteiger partial charge on any atom is 0.272 e. The Balaban J connectivity index is 1.74. The Bertz CT molecular complexity index is 1090. The lowest BCUT2D eigenvalue weighted by molar-refractivity contribution is -0.121. The van der Waals surface area contributed by atoms with Gasteiger partial charge in [-0.25, -0.2) is 4.98 Å². The number of amides is 1. The lowest BCUT2D eigenvalue weighted by atomic mass is 10.1. The molecule has 0 aliphatic carbocycles. The number of ether oxygens (including phenoxy) is 1. The van der Waals surface area contributed by atoms with Crippen LogP contribution in [-0.4, -0.2) is 29.1 Å². The quantitative estimate of drug-likeness (QED) is 0.715. The van der Waals surface area contributed by atoms with Gasteiger partial charge >= 0.3 is 0 Å². The maximum absolute atomic E-state index is 12.6. The molecule has 0 bridgehead atoms. The zero-order valence-electron chi connectivity index (χ0n) is 16.7. The topological polar surface area (TPSA) is 73.2 Å². The Morgan fingerprint density at radius 2 is 1.89 bits per heavy atom. The number of aryl methyl sites for hydroxylation is 3. The monoisotopic (exact) mass is 379 g/mol. The highest BCUT2D eigenvalue weighted by molar-refractivity contribution is 5.81. The van der Waals surface area contributed by atoms with Crippen molar-refractivity contribution in [2.75, 3.05) is 13.7 Å². The molecule has 28 heavy (non-hydrogen) atoms. The summed E-state index contributed by atoms with van der Waals surface area (Å²) in [4.78, 5) is 29.4. The van der Waals surface area contributed by atoms with Gasteiger partial charge in [0.1, 0.15) is 18.0 Å². The summed E-state index contributed by atoms with van der Waals surface area (Å²) in [5, 5.41) is 2.89. The molecule has 0 saturated heterocycles. The fourth-order valence-corrected chi connectivity index (χ4v) is 3.16. The van der Waals surface area contributed by atoms with E-state index in [0.717, 1.165) is 28.0 Å². The van der Waals surface area contributed by atoms with Gasteiger partial charge in [0.2, 0.25) is 5.91 Å². The van der Waals surface area contributed by atoms with Gasteiger partial charge in [0.05, 0.1) is 18.1 Å². The van der Waals surface area contributed by atoms with E-state index in [-0.39, 0.29) is 18.0 Å². The van der Waals surface area contributed by atoms with Crippen molar-refractivity contribution >= 4 is 16.9 Å². The van der Waals surface area contributed by atoms with Gasteiger partial charge in [0, 0.05) is 6.54 Å². The summed E-state index contributed by atoms with van der Waals surface area (Å²) in [7, 11) is 1.63. The molecule has 3 aromatic rings. The number of carbonyl (C=O) groups excluding carboxylic acids is 1. The highest BCUT2D eigenvalue weighted by Crippen LogP contribution is 2.17. The van der Waals surface area contributed by atoms with Crippen molar-refractivity contribution in [3.05, 3.63) is 69.1 Å². The van der Waals surface area contributed by atoms with Crippen LogP contribution in [0.2, 0.25) is 0 Å². The molecule has 6 heteroatoms. The molecule has 1 heterocycles. The molecule has 0 aliphatic heterocycles. The minimum atomic E-state index is -0.237. The zero-order valence-corrected chi connectivity index (χ0v) is 16.7. The molecule has 0 spiro atoms. The second kappa shape index (κ2) is 8.25. The number of nitrogens with one attached hydrogen (secondary N) is 1. The number of aromatic nitrogens is 2. The Hall–Kier alpha value is -3.15. The van der Waals surface area contributed by atoms with Gasteiger partial charge in [0.25, 0.3) is 5.56 Å². The van der Waals surface area contributed by atoms with Crippen molar-refractivity contribution in [3.63, 3.8) is 0 Å². The van der Waals surface area contributed by atoms with E-state index in [0.29, 0.717) is 24.2 Å². The van der Waals surface area contributed by atoms with E-state index >= 15 is 0 Å². The summed E-state index contributed by atoms with van der Waals surface area (Å²) in [6.45, 7) is 6.12. The van der Waals surface area contributed by atoms with Gasteiger partial charge < -0.3 is 10.1 Å². The third-order valence-corrected chi connectivity index (χ3v) is 4.90. The standard InChI is InChI=1S/C22H25N3O3/c1-14-10-19-20(11-15(14)2)25(22(27)16(3)24-19)13-21(26)23-9-8-17-6-5-7-18(12-17)28-4/h5-7,10-12H,8-9,13H2,1-4H3,(H,23,26). The number of hydrogen-bond acceptors (Lipinski definition) is 4. The van der Waals surface area contributed by atoms with Crippen molar-refractivity contribution in [1.82, 2.24) is 14.9 Å². The molecule has 1 aromatic heterocycles. The Morgan fingerprint density at radius 3 is 2.64 bits per heavy atom. The van der Waals surface area contributed by atoms with Crippen molar-refractivity contribution in [1.29, 1.82) is 0 Å². The molecule has 0 aliphatic rings. The van der Waals surface area contributed by atoms with Crippen LogP contribution in [0.5, 0.6) is 5.75 Å². The average Bonchev–Trinajstić information content (AvgIpc) is 2.67. The minimum absolute atomic E-state index is 0.0285. The second-order valence-electron chi connectivity index (χ2n) is 6.97. The van der Waals surface area contributed by atoms with Crippen LogP contribution in [0.1, 0.15) is 22.4 Å². The number of nitrogens with zero attached hydrogens (tertiary/aromatic N) is 2. The lowest BCUT2D eigenvalue weighted by Gasteiger charge is -2.13. The SMILES string of the molecule is COc1cccc(CCNC(=O)Cn2c(=O)c(C)nc3cc(C)c(C)cc32)c1. The van der Waals surface area contributed by atoms with Crippen molar-refractivity contribution in [2.45, 2.75) is 33.7 Å². The number of carbonyl (C=O) groups is 1. The van der Waals surface area contributed by atoms with E-state index in [9.17, 15) is 9.59 Å². The summed E-state index contributed by atoms with van der Waals surface area (Å²) >= 11 is 0. The summed E-state index contributed by atoms with van der Waals surface area (Å²) in [5.74, 6) is 0.592. The molecule has 0 unspecified atom stereocenters. The molecule has 0 atom stereocenters. The molecule has 1 N–H and O–H groups in total. The van der Waals surface area contributed by atoms with Crippen molar-refractivity contribution < 1.29 is 9.53 Å². The van der Waals surface area contributed by atoms with Crippen LogP contribution in [0.4, 0.5) is 0 Å². The molecule has 1 amide bonds. The summed E-state index contributed by atoms with van der Waals surface area (Å²) in [6, 6.07) is 11.6. The average molecular weight is 379 g/mol. The highest BCUT2D eigenvalue weighted by Gasteiger charge is 2.12. The number of hydrogen-bond donors (Lipinski definition) is 1. The van der Waals surface area contributed by atoms with Gasteiger partial charge in [-0.05, 0) is 68.1 Å². The Kier molecular flexibility index (Phi) is 5.78. The summed E-state index contributed by atoms with van der Waals surface area (Å²) in [6.07, 6.45) is 0.687. The van der Waals surface area contributed by atoms with E-state index < -0.39 is 0 Å². The van der Waals surface area contributed by atoms with E-state index in [4.69, 9.17) is 4.74 Å². The predicted octanol–water partition coefficient (Wildman–Crippen LogP) is 2.69. The molecule has 0 radical (unpaired) electrons. The minimum Gasteiger partial charge on any atom is -0.497 e. The van der Waals surface area contributed by atoms with Crippen LogP contribution >= 0.6 is 0 Å². The fraction of sp³-hybridized carbons (Fsp3) is 0.318. The van der Waals surface area contributed by atoms with Gasteiger partial charge in [-0.15, -0.1) is 0 Å². The Morgan fingerprint density at radius 1 is 1.14 bits per heavy atom. The normalized spacial score (nSPS) is 10.9. The van der Waals surface area contributed by atoms with Crippen LogP contribution in [0.3, 0.4) is 0 Å². The van der Waals surface area contributed by atoms with Crippen LogP contribution in [-0.2, 0) is 17.8 Å². The molecule has 146 valence electrons. The first kappa shape index (κ1) is 19.6. The van der Waals surface area contributed by atoms with Crippen LogP contribution in [0, 0.1) is 20.8 Å². The third-order valence-electron chi connectivity index (χ3n) is 4.90. The molecular formula is C22H25N3O3. The molecule has 0 saturated carbocycles. The van der Waals surface area contributed by atoms with Gasteiger partial charge in [-0.1, -0.05) is 12.1 Å². The summed E-state index contributed by atoms with van der Waals surface area (Å²) in [5.41, 5.74) is 4.80. The van der Waals surface area contributed by atoms with Crippen LogP contribution < -0.4 is 15.6 Å². The van der Waals surface area contributed by atoms with Gasteiger partial charge in [-0.2, -0.15) is 0 Å². The first-order valence-corrected chi connectivity index (χ1v) is 9.27. The van der Waals surface area contributed by atoms with E-state index in [2.05, 4.69) is 10.3 Å². The highest BCUT2D eigenvalue weighted by atomic mass is 16.5. The predicted molar refractivity (Wildman–Crippen MR) is 110 cm³/mol. The molecule has 3 rings (SSSR count). The second-order valence-corrected chi connectivity index (χ2v) is 6.97. The molecule has 6 nitrogen and oxygen atoms in total. The van der Waals surface area contributed by atoms with Crippen molar-refractivity contribution in [3.8, 4) is 5.75 Å². The van der Waals surface area contributed by atoms with Crippen molar-refractivity contribution in [2.24, 2.45) is 0 Å². The van der Waals surface area contributed by atoms with E-state index in [1.807, 2.05) is 50.2 Å². The third kappa shape index (κ3) is 4.22. The largest absolute Gasteiger partial charge is 0.497 e. The first-order valence-electron chi connectivity index (χ1n) is 9.27. The smallest absolute Gasteiger partial charge is 0.272 e. The van der Waals surface area contributed by atoms with E-state index in [1.165, 1.54) is 4.57 Å². The maximum atomic E-state index is 12.6. The number of benzene rings is 2. The number of fused-ring (bicyclic) bond motifs is 1. The van der Waals surface area contributed by atoms with Crippen LogP contribution in [0.15, 0.2) is 41.2 Å². The molecule has 2 aromatic carbocycles. The molecule has 0 fully saturated rings.